The van der Waals surface area contributed by atoms with Crippen LogP contribution in [0.4, 0.5) is 0 Å². The van der Waals surface area contributed by atoms with Crippen LogP contribution in [0.1, 0.15) is 22.5 Å². The molecule has 28 heavy (non-hydrogen) atoms. The van der Waals surface area contributed by atoms with Gasteiger partial charge in [-0.15, -0.1) is 0 Å². The summed E-state index contributed by atoms with van der Waals surface area (Å²) in [5.74, 6) is 0.557. The van der Waals surface area contributed by atoms with Crippen molar-refractivity contribution in [2.24, 2.45) is 0 Å². The second-order valence-electron chi connectivity index (χ2n) is 6.44. The summed E-state index contributed by atoms with van der Waals surface area (Å²) in [7, 11) is 0. The van der Waals surface area contributed by atoms with Crippen molar-refractivity contribution in [2.45, 2.75) is 5.54 Å². The van der Waals surface area contributed by atoms with Crippen LogP contribution in [0.5, 0.6) is 0 Å². The SMILES string of the molecule is OC/C=C/c1ncn(C(c2ccccc2)(c2ccccc2)c2ccccc2)n1. The molecule has 1 heterocycles. The van der Waals surface area contributed by atoms with Crippen LogP contribution in [0.3, 0.4) is 0 Å². The van der Waals surface area contributed by atoms with E-state index in [0.717, 1.165) is 16.7 Å². The van der Waals surface area contributed by atoms with Gasteiger partial charge >= 0.3 is 0 Å². The van der Waals surface area contributed by atoms with Gasteiger partial charge < -0.3 is 5.11 Å². The van der Waals surface area contributed by atoms with Crippen molar-refractivity contribution >= 4 is 6.08 Å². The molecule has 0 atom stereocenters. The van der Waals surface area contributed by atoms with Gasteiger partial charge in [0.15, 0.2) is 5.82 Å². The van der Waals surface area contributed by atoms with Crippen LogP contribution < -0.4 is 0 Å². The van der Waals surface area contributed by atoms with Crippen LogP contribution >= 0.6 is 0 Å². The maximum absolute atomic E-state index is 9.08. The standard InChI is InChI=1S/C24H21N3O/c28-18-10-17-23-25-19-27(26-23)24(20-11-4-1-5-12-20,21-13-6-2-7-14-21)22-15-8-3-9-16-22/h1-17,19,28H,18H2/b17-10+. The first-order valence-electron chi connectivity index (χ1n) is 9.22. The van der Waals surface area contributed by atoms with Gasteiger partial charge in [0, 0.05) is 0 Å². The van der Waals surface area contributed by atoms with Gasteiger partial charge in [0.05, 0.1) is 6.61 Å². The zero-order chi connectivity index (χ0) is 19.2. The third-order valence-corrected chi connectivity index (χ3v) is 4.80. The Morgan fingerprint density at radius 1 is 0.750 bits per heavy atom. The number of aromatic nitrogens is 3. The average molecular weight is 367 g/mol. The fourth-order valence-electron chi connectivity index (χ4n) is 3.61. The van der Waals surface area contributed by atoms with E-state index in [1.165, 1.54) is 0 Å². The first-order chi connectivity index (χ1) is 13.9. The Balaban J connectivity index is 2.04. The summed E-state index contributed by atoms with van der Waals surface area (Å²) >= 11 is 0. The molecule has 138 valence electrons. The lowest BCUT2D eigenvalue weighted by atomic mass is 9.77. The van der Waals surface area contributed by atoms with Crippen molar-refractivity contribution in [3.63, 3.8) is 0 Å². The fraction of sp³-hybridized carbons (Fsp3) is 0.0833. The highest BCUT2D eigenvalue weighted by Crippen LogP contribution is 2.40. The normalized spacial score (nSPS) is 11.8. The Kier molecular flexibility index (Phi) is 5.13. The van der Waals surface area contributed by atoms with E-state index >= 15 is 0 Å². The molecule has 0 aliphatic heterocycles. The van der Waals surface area contributed by atoms with Gasteiger partial charge in [-0.05, 0) is 22.8 Å². The van der Waals surface area contributed by atoms with E-state index in [1.807, 2.05) is 59.3 Å². The highest BCUT2D eigenvalue weighted by molar-refractivity contribution is 5.50. The number of aliphatic hydroxyl groups excluding tert-OH is 1. The molecule has 4 nitrogen and oxygen atoms in total. The summed E-state index contributed by atoms with van der Waals surface area (Å²) in [5, 5.41) is 13.8. The number of hydrogen-bond donors (Lipinski definition) is 1. The van der Waals surface area contributed by atoms with Crippen molar-refractivity contribution in [1.82, 2.24) is 14.8 Å². The quantitative estimate of drug-likeness (QED) is 0.522. The Bertz CT molecular complexity index is 944. The summed E-state index contributed by atoms with van der Waals surface area (Å²) in [6, 6.07) is 31.0. The summed E-state index contributed by atoms with van der Waals surface area (Å²) in [4.78, 5) is 4.45. The molecule has 4 rings (SSSR count). The molecule has 3 aromatic carbocycles. The molecule has 1 aromatic heterocycles. The minimum atomic E-state index is -0.665. The van der Waals surface area contributed by atoms with E-state index < -0.39 is 5.54 Å². The Morgan fingerprint density at radius 3 is 1.64 bits per heavy atom. The first kappa shape index (κ1) is 17.9. The molecule has 0 amide bonds. The number of nitrogens with zero attached hydrogens (tertiary/aromatic N) is 3. The van der Waals surface area contributed by atoms with E-state index in [1.54, 1.807) is 18.5 Å². The van der Waals surface area contributed by atoms with E-state index in [4.69, 9.17) is 10.2 Å². The summed E-state index contributed by atoms with van der Waals surface area (Å²) in [5.41, 5.74) is 2.61. The molecule has 4 aromatic rings. The molecule has 0 saturated carbocycles. The molecule has 0 aliphatic carbocycles. The van der Waals surface area contributed by atoms with Crippen LogP contribution in [0.2, 0.25) is 0 Å². The van der Waals surface area contributed by atoms with Crippen LogP contribution in [-0.4, -0.2) is 26.5 Å². The number of aliphatic hydroxyl groups is 1. The molecule has 1 N–H and O–H groups in total. The molecule has 0 bridgehead atoms. The van der Waals surface area contributed by atoms with Gasteiger partial charge in [-0.25, -0.2) is 9.67 Å². The number of rotatable bonds is 6. The molecule has 0 saturated heterocycles. The lowest BCUT2D eigenvalue weighted by Gasteiger charge is -2.35. The number of hydrogen-bond acceptors (Lipinski definition) is 3. The third-order valence-electron chi connectivity index (χ3n) is 4.80. The Labute approximate surface area is 164 Å². The van der Waals surface area contributed by atoms with Gasteiger partial charge in [-0.2, -0.15) is 5.10 Å². The molecule has 0 unspecified atom stereocenters. The molecule has 0 fully saturated rings. The second kappa shape index (κ2) is 8.03. The van der Waals surface area contributed by atoms with Crippen molar-refractivity contribution in [1.29, 1.82) is 0 Å². The average Bonchev–Trinajstić information content (AvgIpc) is 3.24. The molecule has 4 heteroatoms. The summed E-state index contributed by atoms with van der Waals surface area (Å²) in [6.45, 7) is -0.0459. The number of benzene rings is 3. The van der Waals surface area contributed by atoms with E-state index in [0.29, 0.717) is 5.82 Å². The lowest BCUT2D eigenvalue weighted by Crippen LogP contribution is -2.38. The Hall–Kier alpha value is -3.50. The minimum Gasteiger partial charge on any atom is -0.392 e. The highest BCUT2D eigenvalue weighted by atomic mass is 16.2. The summed E-state index contributed by atoms with van der Waals surface area (Å²) in [6.07, 6.45) is 5.11. The van der Waals surface area contributed by atoms with Crippen molar-refractivity contribution in [2.75, 3.05) is 6.61 Å². The van der Waals surface area contributed by atoms with Crippen molar-refractivity contribution < 1.29 is 5.11 Å². The Morgan fingerprint density at radius 2 is 1.21 bits per heavy atom. The highest BCUT2D eigenvalue weighted by Gasteiger charge is 2.39. The van der Waals surface area contributed by atoms with Crippen LogP contribution in [-0.2, 0) is 5.54 Å². The van der Waals surface area contributed by atoms with Crippen LogP contribution in [0.25, 0.3) is 6.08 Å². The van der Waals surface area contributed by atoms with Gasteiger partial charge in [0.25, 0.3) is 0 Å². The molecular formula is C24H21N3O. The van der Waals surface area contributed by atoms with Gasteiger partial charge in [0.1, 0.15) is 11.9 Å². The molecular weight excluding hydrogens is 346 g/mol. The smallest absolute Gasteiger partial charge is 0.173 e. The second-order valence-corrected chi connectivity index (χ2v) is 6.44. The largest absolute Gasteiger partial charge is 0.392 e. The van der Waals surface area contributed by atoms with Crippen LogP contribution in [0, 0.1) is 0 Å². The minimum absolute atomic E-state index is 0.0459. The van der Waals surface area contributed by atoms with E-state index in [2.05, 4.69) is 41.4 Å². The van der Waals surface area contributed by atoms with E-state index in [9.17, 15) is 0 Å². The monoisotopic (exact) mass is 367 g/mol. The maximum atomic E-state index is 9.08. The van der Waals surface area contributed by atoms with Gasteiger partial charge in [0.2, 0.25) is 0 Å². The van der Waals surface area contributed by atoms with Crippen molar-refractivity contribution in [3.8, 4) is 0 Å². The first-order valence-corrected chi connectivity index (χ1v) is 9.22. The maximum Gasteiger partial charge on any atom is 0.173 e. The van der Waals surface area contributed by atoms with Gasteiger partial charge in [-0.3, -0.25) is 0 Å². The van der Waals surface area contributed by atoms with Crippen molar-refractivity contribution in [3.05, 3.63) is 126 Å². The van der Waals surface area contributed by atoms with Gasteiger partial charge in [-0.1, -0.05) is 97.1 Å². The third kappa shape index (κ3) is 3.15. The molecule has 0 spiro atoms. The van der Waals surface area contributed by atoms with E-state index in [-0.39, 0.29) is 6.61 Å². The fourth-order valence-corrected chi connectivity index (χ4v) is 3.61. The molecule has 0 aliphatic rings. The summed E-state index contributed by atoms with van der Waals surface area (Å²) < 4.78 is 1.91. The predicted molar refractivity (Wildman–Crippen MR) is 111 cm³/mol. The molecule has 0 radical (unpaired) electrons. The lowest BCUT2D eigenvalue weighted by molar-refractivity contribution is 0.343. The zero-order valence-electron chi connectivity index (χ0n) is 15.4. The topological polar surface area (TPSA) is 50.9 Å². The predicted octanol–water partition coefficient (Wildman–Crippen LogP) is 4.12. The van der Waals surface area contributed by atoms with Crippen LogP contribution in [0.15, 0.2) is 103 Å². The zero-order valence-corrected chi connectivity index (χ0v) is 15.4.